The van der Waals surface area contributed by atoms with Crippen LogP contribution in [0, 0.1) is 18.3 Å². The predicted molar refractivity (Wildman–Crippen MR) is 117 cm³/mol. The number of carbonyl (C=O) groups is 1. The molecule has 0 radical (unpaired) electrons. The van der Waals surface area contributed by atoms with Crippen molar-refractivity contribution in [2.75, 3.05) is 5.32 Å². The number of aromatic nitrogens is 2. The van der Waals surface area contributed by atoms with E-state index in [4.69, 9.17) is 34.8 Å². The lowest BCUT2D eigenvalue weighted by atomic mass is 10.1. The molecule has 0 fully saturated rings. The lowest BCUT2D eigenvalue weighted by molar-refractivity contribution is -0.137. The van der Waals surface area contributed by atoms with E-state index < -0.39 is 23.2 Å². The van der Waals surface area contributed by atoms with Crippen molar-refractivity contribution in [3.8, 4) is 11.8 Å². The molecule has 0 aliphatic carbocycles. The number of nitrogens with zero attached hydrogens (tertiary/aromatic N) is 3. The minimum atomic E-state index is -4.63. The van der Waals surface area contributed by atoms with Gasteiger partial charge in [-0.15, -0.1) is 0 Å². The minimum absolute atomic E-state index is 0.117. The van der Waals surface area contributed by atoms with Crippen molar-refractivity contribution in [3.05, 3.63) is 80.1 Å². The number of hydrogen-bond donors (Lipinski definition) is 1. The van der Waals surface area contributed by atoms with E-state index in [1.165, 1.54) is 10.8 Å². The van der Waals surface area contributed by atoms with E-state index in [2.05, 4.69) is 10.4 Å². The van der Waals surface area contributed by atoms with E-state index in [0.29, 0.717) is 28.0 Å². The van der Waals surface area contributed by atoms with Crippen LogP contribution in [0.5, 0.6) is 0 Å². The van der Waals surface area contributed by atoms with Crippen molar-refractivity contribution in [2.24, 2.45) is 0 Å². The maximum Gasteiger partial charge on any atom is 0.416 e. The van der Waals surface area contributed by atoms with Crippen LogP contribution in [0.2, 0.25) is 15.2 Å². The van der Waals surface area contributed by atoms with Crippen molar-refractivity contribution in [1.29, 1.82) is 5.26 Å². The Hall–Kier alpha value is -2.99. The summed E-state index contributed by atoms with van der Waals surface area (Å²) in [6, 6.07) is 10.9. The molecule has 164 valence electrons. The number of anilines is 1. The number of halogens is 6. The molecular weight excluding hydrogens is 488 g/mol. The highest BCUT2D eigenvalue weighted by molar-refractivity contribution is 6.34. The first-order valence-electron chi connectivity index (χ1n) is 8.82. The van der Waals surface area contributed by atoms with Gasteiger partial charge in [-0.25, -0.2) is 4.68 Å². The van der Waals surface area contributed by atoms with Crippen LogP contribution < -0.4 is 5.32 Å². The number of benzene rings is 2. The quantitative estimate of drug-likeness (QED) is 0.320. The number of hydrogen-bond acceptors (Lipinski definition) is 3. The highest BCUT2D eigenvalue weighted by Crippen LogP contribution is 2.34. The molecule has 3 rings (SSSR count). The summed E-state index contributed by atoms with van der Waals surface area (Å²) in [5.74, 6) is -0.955. The van der Waals surface area contributed by atoms with E-state index in [9.17, 15) is 23.2 Å². The van der Waals surface area contributed by atoms with Crippen LogP contribution in [0.25, 0.3) is 11.8 Å². The second kappa shape index (κ2) is 9.25. The normalized spacial score (nSPS) is 11.9. The summed E-state index contributed by atoms with van der Waals surface area (Å²) in [5.41, 5.74) is -0.374. The van der Waals surface area contributed by atoms with Gasteiger partial charge in [-0.1, -0.05) is 34.8 Å². The van der Waals surface area contributed by atoms with Crippen LogP contribution in [0.4, 0.5) is 18.9 Å². The third-order valence-corrected chi connectivity index (χ3v) is 5.26. The Morgan fingerprint density at radius 1 is 1.16 bits per heavy atom. The maximum absolute atomic E-state index is 13.0. The molecule has 0 atom stereocenters. The molecule has 0 aliphatic heterocycles. The van der Waals surface area contributed by atoms with Gasteiger partial charge in [0.2, 0.25) is 0 Å². The van der Waals surface area contributed by atoms with Gasteiger partial charge < -0.3 is 5.32 Å². The molecule has 1 N–H and O–H groups in total. The van der Waals surface area contributed by atoms with Gasteiger partial charge in [0.15, 0.2) is 0 Å². The number of aryl methyl sites for hydroxylation is 1. The number of nitrogens with one attached hydrogen (secondary N) is 1. The first-order valence-corrected chi connectivity index (χ1v) is 9.95. The van der Waals surface area contributed by atoms with Crippen LogP contribution in [0.3, 0.4) is 0 Å². The summed E-state index contributed by atoms with van der Waals surface area (Å²) in [5, 5.41) is 16.5. The molecule has 0 saturated heterocycles. The van der Waals surface area contributed by atoms with Crippen molar-refractivity contribution in [3.63, 3.8) is 0 Å². The maximum atomic E-state index is 13.0. The van der Waals surface area contributed by atoms with Gasteiger partial charge >= 0.3 is 6.18 Å². The average molecular weight is 500 g/mol. The molecule has 1 amide bonds. The molecule has 2 aromatic carbocycles. The number of amides is 1. The van der Waals surface area contributed by atoms with Crippen molar-refractivity contribution in [2.45, 2.75) is 13.1 Å². The SMILES string of the molecule is Cc1nn(-c2ccc(Cl)cc2)c(Cl)c1/C=C(\C#N)C(=O)Nc1cc(C(F)(F)F)ccc1Cl. The van der Waals surface area contributed by atoms with Gasteiger partial charge in [-0.2, -0.15) is 23.5 Å². The molecule has 0 bridgehead atoms. The average Bonchev–Trinajstić information content (AvgIpc) is 3.01. The zero-order valence-electron chi connectivity index (χ0n) is 16.1. The van der Waals surface area contributed by atoms with E-state index in [1.807, 2.05) is 0 Å². The molecule has 0 saturated carbocycles. The molecular formula is C21H12Cl3F3N4O. The standard InChI is InChI=1S/C21H12Cl3F3N4O/c1-11-16(19(24)31(30-11)15-5-3-14(22)4-6-15)8-12(10-28)20(32)29-18-9-13(21(25,26)27)2-7-17(18)23/h2-9H,1H3,(H,29,32)/b12-8+. The molecule has 5 nitrogen and oxygen atoms in total. The lowest BCUT2D eigenvalue weighted by Gasteiger charge is -2.11. The van der Waals surface area contributed by atoms with Crippen LogP contribution >= 0.6 is 34.8 Å². The van der Waals surface area contributed by atoms with E-state index in [-0.39, 0.29) is 15.9 Å². The van der Waals surface area contributed by atoms with Crippen LogP contribution in [-0.2, 0) is 11.0 Å². The topological polar surface area (TPSA) is 70.7 Å². The van der Waals surface area contributed by atoms with Gasteiger partial charge in [0.25, 0.3) is 5.91 Å². The Labute approximate surface area is 195 Å². The second-order valence-corrected chi connectivity index (χ2v) is 7.70. The van der Waals surface area contributed by atoms with E-state index >= 15 is 0 Å². The number of rotatable bonds is 4. The lowest BCUT2D eigenvalue weighted by Crippen LogP contribution is -2.15. The smallest absolute Gasteiger partial charge is 0.320 e. The van der Waals surface area contributed by atoms with Crippen LogP contribution in [0.1, 0.15) is 16.8 Å². The fourth-order valence-corrected chi connectivity index (χ4v) is 3.33. The first kappa shape index (κ1) is 23.7. The third kappa shape index (κ3) is 5.07. The molecule has 0 aliphatic rings. The number of carbonyl (C=O) groups excluding carboxylic acids is 1. The molecule has 0 spiro atoms. The monoisotopic (exact) mass is 498 g/mol. The van der Waals surface area contributed by atoms with Crippen molar-refractivity contribution in [1.82, 2.24) is 9.78 Å². The van der Waals surface area contributed by atoms with Crippen LogP contribution in [-0.4, -0.2) is 15.7 Å². The molecule has 1 heterocycles. The largest absolute Gasteiger partial charge is 0.416 e. The van der Waals surface area contributed by atoms with Crippen molar-refractivity contribution < 1.29 is 18.0 Å². The van der Waals surface area contributed by atoms with E-state index in [0.717, 1.165) is 12.1 Å². The molecule has 1 aromatic heterocycles. The summed E-state index contributed by atoms with van der Waals surface area (Å²) >= 11 is 18.2. The first-order chi connectivity index (χ1) is 15.0. The molecule has 0 unspecified atom stereocenters. The Morgan fingerprint density at radius 2 is 1.81 bits per heavy atom. The van der Waals surface area contributed by atoms with Crippen LogP contribution in [0.15, 0.2) is 48.0 Å². The Balaban J connectivity index is 1.94. The van der Waals surface area contributed by atoms with Gasteiger partial charge in [-0.05, 0) is 55.5 Å². The van der Waals surface area contributed by atoms with Gasteiger partial charge in [-0.3, -0.25) is 4.79 Å². The van der Waals surface area contributed by atoms with E-state index in [1.54, 1.807) is 37.3 Å². The number of alkyl halides is 3. The third-order valence-electron chi connectivity index (χ3n) is 4.31. The fraction of sp³-hybridized carbons (Fsp3) is 0.0952. The summed E-state index contributed by atoms with van der Waals surface area (Å²) in [6.45, 7) is 1.63. The Kier molecular flexibility index (Phi) is 6.84. The fourth-order valence-electron chi connectivity index (χ4n) is 2.71. The Morgan fingerprint density at radius 3 is 2.41 bits per heavy atom. The Bertz CT molecular complexity index is 1260. The summed E-state index contributed by atoms with van der Waals surface area (Å²) < 4.78 is 40.3. The second-order valence-electron chi connectivity index (χ2n) is 6.49. The summed E-state index contributed by atoms with van der Waals surface area (Å²) in [7, 11) is 0. The highest BCUT2D eigenvalue weighted by atomic mass is 35.5. The van der Waals surface area contributed by atoms with Crippen molar-refractivity contribution >= 4 is 52.5 Å². The highest BCUT2D eigenvalue weighted by Gasteiger charge is 2.31. The molecule has 3 aromatic rings. The summed E-state index contributed by atoms with van der Waals surface area (Å²) in [6.07, 6.45) is -3.42. The zero-order chi connectivity index (χ0) is 23.6. The van der Waals surface area contributed by atoms with Gasteiger partial charge in [0, 0.05) is 10.6 Å². The molecule has 32 heavy (non-hydrogen) atoms. The minimum Gasteiger partial charge on any atom is -0.320 e. The predicted octanol–water partition coefficient (Wildman–Crippen LogP) is 6.71. The molecule has 11 heteroatoms. The zero-order valence-corrected chi connectivity index (χ0v) is 18.4. The number of nitriles is 1. The summed E-state index contributed by atoms with van der Waals surface area (Å²) in [4.78, 5) is 12.6. The van der Waals surface area contributed by atoms with Gasteiger partial charge in [0.1, 0.15) is 16.8 Å². The van der Waals surface area contributed by atoms with Gasteiger partial charge in [0.05, 0.1) is 27.7 Å².